The quantitative estimate of drug-likeness (QED) is 0.932. The number of carbonyl (C=O) groups excluding carboxylic acids is 1. The van der Waals surface area contributed by atoms with Crippen LogP contribution in [0.4, 0.5) is 10.5 Å². The number of hydrogen-bond acceptors (Lipinski definition) is 4. The Kier molecular flexibility index (Phi) is 4.78. The topological polar surface area (TPSA) is 72.3 Å². The molecule has 0 radical (unpaired) electrons. The van der Waals surface area contributed by atoms with Gasteiger partial charge in [0.1, 0.15) is 12.7 Å². The Morgan fingerprint density at radius 3 is 3.09 bits per heavy atom. The second-order valence-electron chi connectivity index (χ2n) is 5.38. The summed E-state index contributed by atoms with van der Waals surface area (Å²) in [4.78, 5) is 18.1. The summed E-state index contributed by atoms with van der Waals surface area (Å²) >= 11 is 6.27. The molecule has 23 heavy (non-hydrogen) atoms. The predicted molar refractivity (Wildman–Crippen MR) is 87.0 cm³/mol. The molecular weight excluding hydrogens is 318 g/mol. The third kappa shape index (κ3) is 3.46. The summed E-state index contributed by atoms with van der Waals surface area (Å²) in [6, 6.07) is 5.29. The number of nitrogens with zero attached hydrogens (tertiary/aromatic N) is 4. The third-order valence-corrected chi connectivity index (χ3v) is 4.16. The molecular formula is C15H18ClN5O2. The largest absolute Gasteiger partial charge is 0.383 e. The zero-order valence-corrected chi connectivity index (χ0v) is 13.5. The van der Waals surface area contributed by atoms with Crippen molar-refractivity contribution >= 4 is 23.3 Å². The van der Waals surface area contributed by atoms with E-state index in [1.54, 1.807) is 36.3 Å². The normalized spacial score (nSPS) is 17.5. The van der Waals surface area contributed by atoms with Crippen molar-refractivity contribution in [3.63, 3.8) is 0 Å². The van der Waals surface area contributed by atoms with Crippen LogP contribution in [0.1, 0.15) is 12.8 Å². The van der Waals surface area contributed by atoms with Crippen molar-refractivity contribution in [2.45, 2.75) is 18.9 Å². The molecule has 0 spiro atoms. The molecule has 0 bridgehead atoms. The Morgan fingerprint density at radius 1 is 1.52 bits per heavy atom. The van der Waals surface area contributed by atoms with Crippen molar-refractivity contribution in [2.24, 2.45) is 0 Å². The van der Waals surface area contributed by atoms with Crippen molar-refractivity contribution in [1.82, 2.24) is 19.7 Å². The minimum Gasteiger partial charge on any atom is -0.383 e. The molecule has 1 unspecified atom stereocenters. The first-order valence-electron chi connectivity index (χ1n) is 7.40. The highest BCUT2D eigenvalue weighted by molar-refractivity contribution is 6.32. The number of aromatic nitrogens is 3. The number of rotatable bonds is 4. The number of anilines is 1. The van der Waals surface area contributed by atoms with Gasteiger partial charge in [-0.1, -0.05) is 11.6 Å². The van der Waals surface area contributed by atoms with E-state index in [2.05, 4.69) is 15.4 Å². The van der Waals surface area contributed by atoms with E-state index >= 15 is 0 Å². The number of benzene rings is 1. The highest BCUT2D eigenvalue weighted by atomic mass is 35.5. The minimum atomic E-state index is -0.130. The van der Waals surface area contributed by atoms with Gasteiger partial charge in [0.05, 0.1) is 23.4 Å². The Hall–Kier alpha value is -2.12. The lowest BCUT2D eigenvalue weighted by Gasteiger charge is -2.24. The maximum Gasteiger partial charge on any atom is 0.322 e. The van der Waals surface area contributed by atoms with Gasteiger partial charge >= 0.3 is 6.03 Å². The van der Waals surface area contributed by atoms with Crippen molar-refractivity contribution in [1.29, 1.82) is 0 Å². The van der Waals surface area contributed by atoms with E-state index in [1.165, 1.54) is 6.33 Å². The molecule has 2 aromatic rings. The first-order valence-corrected chi connectivity index (χ1v) is 7.78. The smallest absolute Gasteiger partial charge is 0.322 e. The maximum absolute atomic E-state index is 12.4. The molecule has 1 atom stereocenters. The van der Waals surface area contributed by atoms with Gasteiger partial charge in [0.25, 0.3) is 0 Å². The van der Waals surface area contributed by atoms with E-state index in [-0.39, 0.29) is 12.1 Å². The summed E-state index contributed by atoms with van der Waals surface area (Å²) < 4.78 is 6.75. The summed E-state index contributed by atoms with van der Waals surface area (Å²) in [5, 5.41) is 7.42. The Balaban J connectivity index is 1.70. The average Bonchev–Trinajstić information content (AvgIpc) is 3.19. The molecule has 1 aromatic carbocycles. The van der Waals surface area contributed by atoms with Crippen LogP contribution in [-0.4, -0.2) is 52.0 Å². The zero-order valence-electron chi connectivity index (χ0n) is 12.8. The Morgan fingerprint density at radius 2 is 2.39 bits per heavy atom. The van der Waals surface area contributed by atoms with Crippen LogP contribution in [0.5, 0.6) is 0 Å². The summed E-state index contributed by atoms with van der Waals surface area (Å²) in [5.41, 5.74) is 1.35. The fraction of sp³-hybridized carbons (Fsp3) is 0.400. The molecule has 1 aliphatic heterocycles. The molecule has 0 saturated carbocycles. The zero-order chi connectivity index (χ0) is 16.2. The monoisotopic (exact) mass is 335 g/mol. The van der Waals surface area contributed by atoms with Crippen molar-refractivity contribution in [3.8, 4) is 5.69 Å². The molecule has 1 fully saturated rings. The molecule has 0 aliphatic carbocycles. The van der Waals surface area contributed by atoms with Gasteiger partial charge in [0, 0.05) is 19.3 Å². The standard InChI is InChI=1S/C15H18ClN5O2/c1-23-8-12-3-2-6-20(12)15(22)19-11-4-5-14(13(16)7-11)21-10-17-9-18-21/h4-5,7,9-10,12H,2-3,6,8H2,1H3,(H,19,22). The maximum atomic E-state index is 12.4. The van der Waals surface area contributed by atoms with Crippen molar-refractivity contribution < 1.29 is 9.53 Å². The van der Waals surface area contributed by atoms with Crippen molar-refractivity contribution in [3.05, 3.63) is 35.9 Å². The molecule has 122 valence electrons. The molecule has 7 nitrogen and oxygen atoms in total. The molecule has 8 heteroatoms. The van der Waals surface area contributed by atoms with E-state index in [1.807, 2.05) is 4.90 Å². The van der Waals surface area contributed by atoms with Gasteiger partial charge in [-0.25, -0.2) is 14.5 Å². The Labute approximate surface area is 139 Å². The first kappa shape index (κ1) is 15.8. The van der Waals surface area contributed by atoms with Crippen LogP contribution >= 0.6 is 11.6 Å². The van der Waals surface area contributed by atoms with E-state index in [0.717, 1.165) is 19.4 Å². The van der Waals surface area contributed by atoms with Gasteiger partial charge in [-0.05, 0) is 31.0 Å². The van der Waals surface area contributed by atoms with Crippen LogP contribution in [0.2, 0.25) is 5.02 Å². The molecule has 1 saturated heterocycles. The van der Waals surface area contributed by atoms with Gasteiger partial charge in [-0.15, -0.1) is 0 Å². The molecule has 1 aliphatic rings. The second kappa shape index (κ2) is 6.97. The van der Waals surface area contributed by atoms with Gasteiger partial charge < -0.3 is 15.0 Å². The van der Waals surface area contributed by atoms with Crippen molar-refractivity contribution in [2.75, 3.05) is 25.6 Å². The molecule has 2 heterocycles. The summed E-state index contributed by atoms with van der Waals surface area (Å²) in [7, 11) is 1.65. The SMILES string of the molecule is COCC1CCCN1C(=O)Nc1ccc(-n2cncn2)c(Cl)c1. The van der Waals surface area contributed by atoms with Gasteiger partial charge in [-0.3, -0.25) is 0 Å². The van der Waals surface area contributed by atoms with Gasteiger partial charge in [-0.2, -0.15) is 5.10 Å². The number of carbonyl (C=O) groups is 1. The van der Waals surface area contributed by atoms with Crippen LogP contribution in [-0.2, 0) is 4.74 Å². The van der Waals surface area contributed by atoms with Crippen LogP contribution in [0, 0.1) is 0 Å². The lowest BCUT2D eigenvalue weighted by molar-refractivity contribution is 0.128. The summed E-state index contributed by atoms with van der Waals surface area (Å²) in [5.74, 6) is 0. The van der Waals surface area contributed by atoms with E-state index in [9.17, 15) is 4.79 Å². The van der Waals surface area contributed by atoms with E-state index < -0.39 is 0 Å². The summed E-state index contributed by atoms with van der Waals surface area (Å²) in [6.07, 6.45) is 4.97. The predicted octanol–water partition coefficient (Wildman–Crippen LogP) is 2.56. The third-order valence-electron chi connectivity index (χ3n) is 3.86. The molecule has 1 aromatic heterocycles. The van der Waals surface area contributed by atoms with Crippen LogP contribution in [0.15, 0.2) is 30.9 Å². The van der Waals surface area contributed by atoms with Gasteiger partial charge in [0.2, 0.25) is 0 Å². The second-order valence-corrected chi connectivity index (χ2v) is 5.79. The fourth-order valence-corrected chi connectivity index (χ4v) is 3.03. The van der Waals surface area contributed by atoms with Gasteiger partial charge in [0.15, 0.2) is 0 Å². The number of halogens is 1. The fourth-order valence-electron chi connectivity index (χ4n) is 2.77. The molecule has 1 N–H and O–H groups in total. The number of methoxy groups -OCH3 is 1. The van der Waals surface area contributed by atoms with Crippen LogP contribution < -0.4 is 5.32 Å². The highest BCUT2D eigenvalue weighted by Crippen LogP contribution is 2.25. The number of likely N-dealkylation sites (tertiary alicyclic amines) is 1. The number of ether oxygens (including phenoxy) is 1. The van der Waals surface area contributed by atoms with E-state index in [0.29, 0.717) is 23.0 Å². The summed E-state index contributed by atoms with van der Waals surface area (Å²) in [6.45, 7) is 1.30. The average molecular weight is 336 g/mol. The lowest BCUT2D eigenvalue weighted by atomic mass is 10.2. The lowest BCUT2D eigenvalue weighted by Crippen LogP contribution is -2.40. The number of urea groups is 1. The highest BCUT2D eigenvalue weighted by Gasteiger charge is 2.28. The molecule has 3 rings (SSSR count). The van der Waals surface area contributed by atoms with Crippen LogP contribution in [0.3, 0.4) is 0 Å². The van der Waals surface area contributed by atoms with E-state index in [4.69, 9.17) is 16.3 Å². The number of nitrogens with one attached hydrogen (secondary N) is 1. The first-order chi connectivity index (χ1) is 11.2. The van der Waals surface area contributed by atoms with Crippen LogP contribution in [0.25, 0.3) is 5.69 Å². The minimum absolute atomic E-state index is 0.130. The molecule has 2 amide bonds. The number of hydrogen-bond donors (Lipinski definition) is 1. The number of amides is 2. The Bertz CT molecular complexity index is 677.